The molecule has 2 N–H and O–H groups in total. The van der Waals surface area contributed by atoms with Crippen LogP contribution in [0, 0.1) is 13.8 Å². The number of benzene rings is 2. The third-order valence-electron chi connectivity index (χ3n) is 4.69. The molecule has 0 bridgehead atoms. The number of fused-ring (bicyclic) bond motifs is 1. The molecule has 2 aromatic carbocycles. The minimum absolute atomic E-state index is 0.300. The smallest absolute Gasteiger partial charge is 0.326 e. The van der Waals surface area contributed by atoms with Gasteiger partial charge in [0.1, 0.15) is 6.54 Å². The first-order chi connectivity index (χ1) is 13.4. The Hall–Kier alpha value is -3.41. The molecule has 1 unspecified atom stereocenters. The van der Waals surface area contributed by atoms with Crippen LogP contribution in [0.5, 0.6) is 0 Å². The van der Waals surface area contributed by atoms with Crippen LogP contribution in [-0.2, 0) is 9.53 Å². The van der Waals surface area contributed by atoms with Crippen molar-refractivity contribution in [2.45, 2.75) is 26.9 Å². The first kappa shape index (κ1) is 19.4. The van der Waals surface area contributed by atoms with Gasteiger partial charge in [-0.2, -0.15) is 0 Å². The Kier molecular flexibility index (Phi) is 5.59. The monoisotopic (exact) mass is 378 g/mol. The zero-order chi connectivity index (χ0) is 20.3. The van der Waals surface area contributed by atoms with Crippen molar-refractivity contribution < 1.29 is 19.1 Å². The molecule has 144 valence electrons. The summed E-state index contributed by atoms with van der Waals surface area (Å²) in [5.41, 5.74) is 3.85. The topological polar surface area (TPSA) is 88.3 Å². The lowest BCUT2D eigenvalue weighted by molar-refractivity contribution is -0.145. The number of amides is 1. The van der Waals surface area contributed by atoms with Gasteiger partial charge in [0, 0.05) is 28.2 Å². The highest BCUT2D eigenvalue weighted by atomic mass is 16.5. The Morgan fingerprint density at radius 3 is 2.57 bits per heavy atom. The van der Waals surface area contributed by atoms with Gasteiger partial charge in [0.15, 0.2) is 6.10 Å². The normalized spacial score (nSPS) is 11.8. The van der Waals surface area contributed by atoms with Gasteiger partial charge in [-0.1, -0.05) is 24.3 Å². The zero-order valence-electron chi connectivity index (χ0n) is 16.0. The van der Waals surface area contributed by atoms with E-state index in [0.29, 0.717) is 11.1 Å². The molecule has 1 aromatic heterocycles. The number of aromatic amines is 1. The Morgan fingerprint density at radius 1 is 1.07 bits per heavy atom. The summed E-state index contributed by atoms with van der Waals surface area (Å²) in [6, 6.07) is 12.7. The van der Waals surface area contributed by atoms with E-state index in [1.54, 1.807) is 18.3 Å². The number of hydrogen-bond donors (Lipinski definition) is 2. The van der Waals surface area contributed by atoms with Crippen molar-refractivity contribution in [2.75, 3.05) is 6.54 Å². The molecular formula is C22H22N2O4. The molecule has 0 radical (unpaired) electrons. The quantitative estimate of drug-likeness (QED) is 0.509. The summed E-state index contributed by atoms with van der Waals surface area (Å²) in [6.45, 7) is 5.09. The van der Waals surface area contributed by atoms with Gasteiger partial charge in [-0.05, 0) is 50.1 Å². The number of esters is 1. The van der Waals surface area contributed by atoms with E-state index in [0.717, 1.165) is 22.0 Å². The number of nitrogens with one attached hydrogen (secondary N) is 2. The lowest BCUT2D eigenvalue weighted by atomic mass is 10.1. The predicted octanol–water partition coefficient (Wildman–Crippen LogP) is 3.33. The summed E-state index contributed by atoms with van der Waals surface area (Å²) in [6.07, 6.45) is 0.656. The van der Waals surface area contributed by atoms with Crippen LogP contribution in [0.4, 0.5) is 0 Å². The highest BCUT2D eigenvalue weighted by molar-refractivity contribution is 6.10. The maximum Gasteiger partial charge on any atom is 0.326 e. The Morgan fingerprint density at radius 2 is 1.82 bits per heavy atom. The van der Waals surface area contributed by atoms with Crippen molar-refractivity contribution in [3.63, 3.8) is 0 Å². The van der Waals surface area contributed by atoms with Crippen molar-refractivity contribution in [3.05, 3.63) is 70.9 Å². The largest absolute Gasteiger partial charge is 0.453 e. The van der Waals surface area contributed by atoms with Crippen molar-refractivity contribution in [1.29, 1.82) is 0 Å². The number of carbonyl (C=O) groups is 3. The molecule has 28 heavy (non-hydrogen) atoms. The highest BCUT2D eigenvalue weighted by Crippen LogP contribution is 2.20. The molecule has 0 aliphatic carbocycles. The maximum absolute atomic E-state index is 12.6. The SMILES string of the molecule is Cc1ccc(C(=O)NCC(=O)OC(C)C(=O)c2c[nH]c3ccccc23)cc1C. The fourth-order valence-corrected chi connectivity index (χ4v) is 2.92. The standard InChI is InChI=1S/C22H22N2O4/c1-13-8-9-16(10-14(13)2)22(27)24-12-20(25)28-15(3)21(26)18-11-23-19-7-5-4-6-17(18)19/h4-11,15,23H,12H2,1-3H3,(H,24,27). The van der Waals surface area contributed by atoms with Crippen LogP contribution >= 0.6 is 0 Å². The highest BCUT2D eigenvalue weighted by Gasteiger charge is 2.22. The molecule has 6 heteroatoms. The van der Waals surface area contributed by atoms with E-state index in [2.05, 4.69) is 10.3 Å². The van der Waals surface area contributed by atoms with E-state index >= 15 is 0 Å². The maximum atomic E-state index is 12.6. The Bertz CT molecular complexity index is 1050. The molecule has 0 aliphatic heterocycles. The third-order valence-corrected chi connectivity index (χ3v) is 4.69. The van der Waals surface area contributed by atoms with Gasteiger partial charge in [0.2, 0.25) is 5.78 Å². The van der Waals surface area contributed by atoms with Gasteiger partial charge in [-0.25, -0.2) is 0 Å². The minimum Gasteiger partial charge on any atom is -0.453 e. The van der Waals surface area contributed by atoms with Gasteiger partial charge in [-0.15, -0.1) is 0 Å². The second kappa shape index (κ2) is 8.08. The van der Waals surface area contributed by atoms with Crippen molar-refractivity contribution >= 4 is 28.6 Å². The summed E-state index contributed by atoms with van der Waals surface area (Å²) < 4.78 is 5.20. The first-order valence-corrected chi connectivity index (χ1v) is 9.02. The zero-order valence-corrected chi connectivity index (χ0v) is 16.0. The number of H-pyrrole nitrogens is 1. The van der Waals surface area contributed by atoms with Gasteiger partial charge >= 0.3 is 5.97 Å². The van der Waals surface area contributed by atoms with Crippen LogP contribution in [0.1, 0.15) is 38.8 Å². The van der Waals surface area contributed by atoms with Gasteiger partial charge in [0.25, 0.3) is 5.91 Å². The van der Waals surface area contributed by atoms with E-state index in [1.165, 1.54) is 6.92 Å². The number of ketones is 1. The second-order valence-electron chi connectivity index (χ2n) is 6.73. The van der Waals surface area contributed by atoms with Crippen molar-refractivity contribution in [2.24, 2.45) is 0 Å². The van der Waals surface area contributed by atoms with E-state index in [1.807, 2.05) is 44.2 Å². The number of aromatic nitrogens is 1. The van der Waals surface area contributed by atoms with Gasteiger partial charge in [-0.3, -0.25) is 14.4 Å². The molecule has 0 aliphatic rings. The van der Waals surface area contributed by atoms with Crippen LogP contribution in [0.15, 0.2) is 48.7 Å². The van der Waals surface area contributed by atoms with Crippen LogP contribution in [-0.4, -0.2) is 35.3 Å². The number of ether oxygens (including phenoxy) is 1. The van der Waals surface area contributed by atoms with Crippen LogP contribution in [0.3, 0.4) is 0 Å². The average Bonchev–Trinajstić information content (AvgIpc) is 3.11. The summed E-state index contributed by atoms with van der Waals surface area (Å²) in [7, 11) is 0. The molecular weight excluding hydrogens is 356 g/mol. The lowest BCUT2D eigenvalue weighted by Gasteiger charge is -2.12. The van der Waals surface area contributed by atoms with Gasteiger partial charge in [0.05, 0.1) is 0 Å². The number of carbonyl (C=O) groups excluding carboxylic acids is 3. The van der Waals surface area contributed by atoms with Crippen LogP contribution in [0.25, 0.3) is 10.9 Å². The number of hydrogen-bond acceptors (Lipinski definition) is 4. The van der Waals surface area contributed by atoms with Crippen molar-refractivity contribution in [3.8, 4) is 0 Å². The van der Waals surface area contributed by atoms with E-state index in [4.69, 9.17) is 4.74 Å². The molecule has 0 saturated heterocycles. The first-order valence-electron chi connectivity index (χ1n) is 9.02. The molecule has 1 heterocycles. The molecule has 0 spiro atoms. The van der Waals surface area contributed by atoms with E-state index in [-0.39, 0.29) is 18.2 Å². The molecule has 0 saturated carbocycles. The molecule has 3 rings (SSSR count). The van der Waals surface area contributed by atoms with Gasteiger partial charge < -0.3 is 15.0 Å². The third kappa shape index (κ3) is 4.11. The minimum atomic E-state index is -0.953. The Labute approximate surface area is 162 Å². The summed E-state index contributed by atoms with van der Waals surface area (Å²) >= 11 is 0. The lowest BCUT2D eigenvalue weighted by Crippen LogP contribution is -2.34. The fourth-order valence-electron chi connectivity index (χ4n) is 2.92. The second-order valence-corrected chi connectivity index (χ2v) is 6.73. The summed E-state index contributed by atoms with van der Waals surface area (Å²) in [4.78, 5) is 39.9. The van der Waals surface area contributed by atoms with Crippen LogP contribution in [0.2, 0.25) is 0 Å². The summed E-state index contributed by atoms with van der Waals surface area (Å²) in [5.74, 6) is -1.33. The molecule has 1 amide bonds. The summed E-state index contributed by atoms with van der Waals surface area (Å²) in [5, 5.41) is 3.30. The van der Waals surface area contributed by atoms with E-state index < -0.39 is 12.1 Å². The van der Waals surface area contributed by atoms with Crippen molar-refractivity contribution in [1.82, 2.24) is 10.3 Å². The fraction of sp³-hybridized carbons (Fsp3) is 0.227. The molecule has 3 aromatic rings. The number of rotatable bonds is 6. The number of Topliss-reactive ketones (excluding diaryl/α,β-unsaturated/α-hetero) is 1. The number of aryl methyl sites for hydroxylation is 2. The van der Waals surface area contributed by atoms with E-state index in [9.17, 15) is 14.4 Å². The molecule has 1 atom stereocenters. The molecule has 0 fully saturated rings. The average molecular weight is 378 g/mol. The Balaban J connectivity index is 1.57. The number of para-hydroxylation sites is 1. The predicted molar refractivity (Wildman–Crippen MR) is 106 cm³/mol. The van der Waals surface area contributed by atoms with Crippen LogP contribution < -0.4 is 5.32 Å². The molecule has 6 nitrogen and oxygen atoms in total.